The highest BCUT2D eigenvalue weighted by Crippen LogP contribution is 2.28. The van der Waals surface area contributed by atoms with E-state index in [1.807, 2.05) is 13.1 Å². The van der Waals surface area contributed by atoms with E-state index in [9.17, 15) is 9.59 Å². The van der Waals surface area contributed by atoms with E-state index in [4.69, 9.17) is 4.74 Å². The van der Waals surface area contributed by atoms with Gasteiger partial charge in [0.05, 0.1) is 19.2 Å². The summed E-state index contributed by atoms with van der Waals surface area (Å²) in [5.74, 6) is -0.284. The molecule has 0 saturated heterocycles. The molecule has 0 aromatic rings. The van der Waals surface area contributed by atoms with Gasteiger partial charge in [-0.3, -0.25) is 9.69 Å². The van der Waals surface area contributed by atoms with Crippen LogP contribution >= 0.6 is 0 Å². The number of ether oxygens (including phenoxy) is 1. The van der Waals surface area contributed by atoms with Crippen LogP contribution in [0.25, 0.3) is 0 Å². The second kappa shape index (κ2) is 15.2. The maximum Gasteiger partial charge on any atom is 0.333 e. The number of hydrogen-bond acceptors (Lipinski definition) is 5. The van der Waals surface area contributed by atoms with Crippen molar-refractivity contribution in [3.05, 3.63) is 23.9 Å². The van der Waals surface area contributed by atoms with Gasteiger partial charge in [0.2, 0.25) is 5.91 Å². The fourth-order valence-electron chi connectivity index (χ4n) is 3.80. The molecule has 192 valence electrons. The Morgan fingerprint density at radius 2 is 1.73 bits per heavy atom. The zero-order valence-electron chi connectivity index (χ0n) is 23.1. The predicted octanol–water partition coefficient (Wildman–Crippen LogP) is 5.15. The van der Waals surface area contributed by atoms with E-state index in [0.29, 0.717) is 24.8 Å². The lowest BCUT2D eigenvalue weighted by molar-refractivity contribution is -0.138. The van der Waals surface area contributed by atoms with Crippen LogP contribution < -0.4 is 5.32 Å². The van der Waals surface area contributed by atoms with Crippen LogP contribution in [-0.4, -0.2) is 66.5 Å². The maximum atomic E-state index is 13.1. The molecule has 0 aromatic carbocycles. The van der Waals surface area contributed by atoms with Crippen molar-refractivity contribution in [3.8, 4) is 0 Å². The molecule has 1 N–H and O–H groups in total. The minimum atomic E-state index is -0.299. The van der Waals surface area contributed by atoms with Crippen LogP contribution in [0.3, 0.4) is 0 Å². The molecule has 33 heavy (non-hydrogen) atoms. The zero-order valence-corrected chi connectivity index (χ0v) is 23.1. The first-order chi connectivity index (χ1) is 15.3. The molecule has 0 aliphatic carbocycles. The summed E-state index contributed by atoms with van der Waals surface area (Å²) in [4.78, 5) is 29.5. The minimum Gasteiger partial charge on any atom is -0.463 e. The number of nitrogens with one attached hydrogen (secondary N) is 1. The summed E-state index contributed by atoms with van der Waals surface area (Å²) in [5, 5.41) is 3.25. The van der Waals surface area contributed by atoms with Crippen molar-refractivity contribution in [1.29, 1.82) is 0 Å². The van der Waals surface area contributed by atoms with Crippen molar-refractivity contribution in [2.24, 2.45) is 5.41 Å². The molecule has 0 aliphatic heterocycles. The van der Waals surface area contributed by atoms with Crippen molar-refractivity contribution in [3.63, 3.8) is 0 Å². The molecule has 6 heteroatoms. The first-order valence-electron chi connectivity index (χ1n) is 12.6. The van der Waals surface area contributed by atoms with Gasteiger partial charge in [0, 0.05) is 30.4 Å². The SMILES string of the molecule is C=C(C(NC(=O)CN(CCCCC)C(C)C)C(C)(C)C)N(C)[C@H](/C=C(\C)C(=O)OCC)CC. The normalized spacial score (nSPS) is 14.2. The summed E-state index contributed by atoms with van der Waals surface area (Å²) >= 11 is 0. The summed E-state index contributed by atoms with van der Waals surface area (Å²) in [6.07, 6.45) is 6.17. The first-order valence-corrected chi connectivity index (χ1v) is 12.6. The first kappa shape index (κ1) is 31.2. The molecule has 0 heterocycles. The van der Waals surface area contributed by atoms with Gasteiger partial charge in [-0.15, -0.1) is 0 Å². The van der Waals surface area contributed by atoms with Gasteiger partial charge in [-0.25, -0.2) is 4.79 Å². The molecule has 0 saturated carbocycles. The van der Waals surface area contributed by atoms with Crippen LogP contribution in [-0.2, 0) is 14.3 Å². The number of esters is 1. The maximum absolute atomic E-state index is 13.1. The molecule has 1 amide bonds. The van der Waals surface area contributed by atoms with Gasteiger partial charge in [0.1, 0.15) is 0 Å². The Bertz CT molecular complexity index is 649. The average Bonchev–Trinajstić information content (AvgIpc) is 2.73. The topological polar surface area (TPSA) is 61.9 Å². The minimum absolute atomic E-state index is 0.0148. The molecule has 0 spiro atoms. The molecule has 0 bridgehead atoms. The molecule has 0 rings (SSSR count). The zero-order chi connectivity index (χ0) is 25.8. The number of carbonyl (C=O) groups excluding carboxylic acids is 2. The van der Waals surface area contributed by atoms with Crippen LogP contribution in [0, 0.1) is 5.41 Å². The van der Waals surface area contributed by atoms with Crippen molar-refractivity contribution >= 4 is 11.9 Å². The summed E-state index contributed by atoms with van der Waals surface area (Å²) in [5.41, 5.74) is 1.20. The van der Waals surface area contributed by atoms with Gasteiger partial charge >= 0.3 is 5.97 Å². The van der Waals surface area contributed by atoms with Gasteiger partial charge in [-0.05, 0) is 52.5 Å². The largest absolute Gasteiger partial charge is 0.463 e. The Kier molecular flexibility index (Phi) is 14.3. The van der Waals surface area contributed by atoms with E-state index in [-0.39, 0.29) is 29.4 Å². The van der Waals surface area contributed by atoms with Crippen molar-refractivity contribution < 1.29 is 14.3 Å². The van der Waals surface area contributed by atoms with Gasteiger partial charge in [0.15, 0.2) is 0 Å². The Morgan fingerprint density at radius 1 is 1.12 bits per heavy atom. The number of rotatable bonds is 15. The highest BCUT2D eigenvalue weighted by atomic mass is 16.5. The van der Waals surface area contributed by atoms with Crippen molar-refractivity contribution in [2.75, 3.05) is 26.7 Å². The van der Waals surface area contributed by atoms with Crippen molar-refractivity contribution in [1.82, 2.24) is 15.1 Å². The molecule has 0 aromatic heterocycles. The smallest absolute Gasteiger partial charge is 0.333 e. The van der Waals surface area contributed by atoms with Crippen LogP contribution in [0.5, 0.6) is 0 Å². The predicted molar refractivity (Wildman–Crippen MR) is 139 cm³/mol. The Balaban J connectivity index is 5.50. The van der Waals surface area contributed by atoms with E-state index in [2.05, 4.69) is 70.2 Å². The fourth-order valence-corrected chi connectivity index (χ4v) is 3.80. The van der Waals surface area contributed by atoms with E-state index in [1.54, 1.807) is 13.8 Å². The Hall–Kier alpha value is -1.82. The third-order valence-corrected chi connectivity index (χ3v) is 6.04. The second-order valence-corrected chi connectivity index (χ2v) is 10.3. The van der Waals surface area contributed by atoms with Gasteiger partial charge in [0.25, 0.3) is 0 Å². The van der Waals surface area contributed by atoms with E-state index >= 15 is 0 Å². The van der Waals surface area contributed by atoms with Gasteiger partial charge in [-0.1, -0.05) is 60.1 Å². The summed E-state index contributed by atoms with van der Waals surface area (Å²) in [6.45, 7) is 24.5. The molecule has 0 aliphatic rings. The molecule has 2 atom stereocenters. The van der Waals surface area contributed by atoms with Gasteiger partial charge < -0.3 is 15.0 Å². The molecule has 6 nitrogen and oxygen atoms in total. The lowest BCUT2D eigenvalue weighted by Crippen LogP contribution is -2.52. The Morgan fingerprint density at radius 3 is 2.18 bits per heavy atom. The van der Waals surface area contributed by atoms with E-state index < -0.39 is 0 Å². The second-order valence-electron chi connectivity index (χ2n) is 10.3. The third kappa shape index (κ3) is 11.2. The molecular formula is C27H51N3O3. The number of likely N-dealkylation sites (N-methyl/N-ethyl adjacent to an activating group) is 1. The van der Waals surface area contributed by atoms with Crippen LogP contribution in [0.2, 0.25) is 0 Å². The number of nitrogens with zero attached hydrogens (tertiary/aromatic N) is 2. The lowest BCUT2D eigenvalue weighted by Gasteiger charge is -2.40. The van der Waals surface area contributed by atoms with Crippen LogP contribution in [0.15, 0.2) is 23.9 Å². The van der Waals surface area contributed by atoms with E-state index in [0.717, 1.165) is 25.1 Å². The van der Waals surface area contributed by atoms with Crippen LogP contribution in [0.4, 0.5) is 0 Å². The molecule has 0 radical (unpaired) electrons. The lowest BCUT2D eigenvalue weighted by atomic mass is 9.84. The van der Waals surface area contributed by atoms with Crippen molar-refractivity contribution in [2.45, 2.75) is 106 Å². The fraction of sp³-hybridized carbons (Fsp3) is 0.778. The molecular weight excluding hydrogens is 414 g/mol. The molecule has 0 fully saturated rings. The number of carbonyl (C=O) groups is 2. The standard InChI is InChI=1S/C27H51N3O3/c1-12-15-16-17-30(20(4)5)19-24(31)28-25(27(8,9)10)22(7)29(11)23(13-2)18-21(6)26(32)33-14-3/h18,20,23,25H,7,12-17,19H2,1-6,8-11H3,(H,28,31)/b21-18+/t23-,25?/m0/s1. The monoisotopic (exact) mass is 465 g/mol. The average molecular weight is 466 g/mol. The highest BCUT2D eigenvalue weighted by molar-refractivity contribution is 5.87. The summed E-state index contributed by atoms with van der Waals surface area (Å²) in [6, 6.07) is 0.0573. The summed E-state index contributed by atoms with van der Waals surface area (Å²) in [7, 11) is 1.97. The quantitative estimate of drug-likeness (QED) is 0.206. The number of hydrogen-bond donors (Lipinski definition) is 1. The van der Waals surface area contributed by atoms with E-state index in [1.165, 1.54) is 12.8 Å². The molecule has 1 unspecified atom stereocenters. The van der Waals surface area contributed by atoms with Gasteiger partial charge in [-0.2, -0.15) is 0 Å². The summed E-state index contributed by atoms with van der Waals surface area (Å²) < 4.78 is 5.13. The highest BCUT2D eigenvalue weighted by Gasteiger charge is 2.32. The van der Waals surface area contributed by atoms with Crippen LogP contribution in [0.1, 0.15) is 88.0 Å². The number of amides is 1. The Labute approximate surface area is 203 Å². The third-order valence-electron chi connectivity index (χ3n) is 6.04. The number of unbranched alkanes of at least 4 members (excludes halogenated alkanes) is 2.